The zero-order chi connectivity index (χ0) is 18.9. The molecule has 0 N–H and O–H groups in total. The molecule has 0 aliphatic carbocycles. The van der Waals surface area contributed by atoms with Crippen molar-refractivity contribution in [2.24, 2.45) is 4.99 Å². The molecule has 1 aromatic carbocycles. The number of aliphatic imine (C=N–C) groups is 1. The summed E-state index contributed by atoms with van der Waals surface area (Å²) in [7, 11) is 0. The number of fused-ring (bicyclic) bond motifs is 2. The largest absolute Gasteiger partial charge is 0.462 e. The van der Waals surface area contributed by atoms with Gasteiger partial charge >= 0.3 is 12.1 Å². The minimum atomic E-state index is -0.498. The van der Waals surface area contributed by atoms with Gasteiger partial charge in [0.25, 0.3) is 0 Å². The topological polar surface area (TPSA) is 68.2 Å². The number of piperidine rings is 1. The van der Waals surface area contributed by atoms with E-state index in [1.807, 2.05) is 39.1 Å². The van der Waals surface area contributed by atoms with Gasteiger partial charge in [-0.1, -0.05) is 0 Å². The summed E-state index contributed by atoms with van der Waals surface area (Å²) in [6, 6.07) is 5.51. The van der Waals surface area contributed by atoms with Gasteiger partial charge in [0.15, 0.2) is 0 Å². The van der Waals surface area contributed by atoms with E-state index >= 15 is 0 Å². The van der Waals surface area contributed by atoms with E-state index in [0.29, 0.717) is 25.3 Å². The standard InChI is InChI=1S/C20H26N2O4/c1-5-25-17(23)14-6-7-16-15(12-14)20(13-21-16)8-10-22(11-9-20)18(24)26-19(2,3)4/h6-7,12-13H,5,8-11H2,1-4H3. The molecule has 3 rings (SSSR count). The smallest absolute Gasteiger partial charge is 0.410 e. The minimum absolute atomic E-state index is 0.226. The lowest BCUT2D eigenvalue weighted by Crippen LogP contribution is -2.46. The highest BCUT2D eigenvalue weighted by Crippen LogP contribution is 2.44. The Morgan fingerprint density at radius 3 is 2.54 bits per heavy atom. The molecule has 1 fully saturated rings. The number of ether oxygens (including phenoxy) is 2. The maximum absolute atomic E-state index is 12.3. The lowest BCUT2D eigenvalue weighted by Gasteiger charge is -2.38. The van der Waals surface area contributed by atoms with Crippen LogP contribution >= 0.6 is 0 Å². The van der Waals surface area contributed by atoms with Crippen LogP contribution < -0.4 is 0 Å². The third kappa shape index (κ3) is 3.59. The highest BCUT2D eigenvalue weighted by atomic mass is 16.6. The van der Waals surface area contributed by atoms with Crippen molar-refractivity contribution in [3.05, 3.63) is 29.3 Å². The molecule has 0 atom stereocenters. The van der Waals surface area contributed by atoms with Crippen LogP contribution in [0.4, 0.5) is 10.5 Å². The monoisotopic (exact) mass is 358 g/mol. The summed E-state index contributed by atoms with van der Waals surface area (Å²) in [6.07, 6.45) is 3.21. The molecular formula is C20H26N2O4. The van der Waals surface area contributed by atoms with Crippen molar-refractivity contribution >= 4 is 24.0 Å². The summed E-state index contributed by atoms with van der Waals surface area (Å²) in [6.45, 7) is 8.95. The molecule has 1 spiro atoms. The van der Waals surface area contributed by atoms with Gasteiger partial charge in [-0.25, -0.2) is 9.59 Å². The van der Waals surface area contributed by atoms with E-state index in [1.165, 1.54) is 0 Å². The first-order valence-corrected chi connectivity index (χ1v) is 9.09. The molecular weight excluding hydrogens is 332 g/mol. The summed E-state index contributed by atoms with van der Waals surface area (Å²) in [5, 5.41) is 0. The lowest BCUT2D eigenvalue weighted by molar-refractivity contribution is 0.0191. The summed E-state index contributed by atoms with van der Waals surface area (Å²) >= 11 is 0. The van der Waals surface area contributed by atoms with Gasteiger partial charge in [0, 0.05) is 24.7 Å². The van der Waals surface area contributed by atoms with E-state index in [2.05, 4.69) is 4.99 Å². The molecule has 0 bridgehead atoms. The van der Waals surface area contributed by atoms with Crippen molar-refractivity contribution in [3.63, 3.8) is 0 Å². The highest BCUT2D eigenvalue weighted by Gasteiger charge is 2.41. The fraction of sp³-hybridized carbons (Fsp3) is 0.550. The van der Waals surface area contributed by atoms with Gasteiger partial charge in [0.1, 0.15) is 5.60 Å². The molecule has 2 aliphatic heterocycles. The Labute approximate surface area is 154 Å². The molecule has 2 aliphatic rings. The third-order valence-corrected chi connectivity index (χ3v) is 4.80. The maximum atomic E-state index is 12.3. The van der Waals surface area contributed by atoms with Crippen LogP contribution in [0.5, 0.6) is 0 Å². The quantitative estimate of drug-likeness (QED) is 0.753. The number of amides is 1. The average Bonchev–Trinajstić information content (AvgIpc) is 2.92. The van der Waals surface area contributed by atoms with Gasteiger partial charge in [-0.05, 0) is 64.3 Å². The molecule has 26 heavy (non-hydrogen) atoms. The molecule has 1 aromatic rings. The van der Waals surface area contributed by atoms with Gasteiger partial charge < -0.3 is 14.4 Å². The summed E-state index contributed by atoms with van der Waals surface area (Å²) in [5.74, 6) is -0.316. The Kier molecular flexibility index (Phi) is 4.78. The van der Waals surface area contributed by atoms with Crippen LogP contribution in [0.2, 0.25) is 0 Å². The number of hydrogen-bond donors (Lipinski definition) is 0. The van der Waals surface area contributed by atoms with E-state index < -0.39 is 5.60 Å². The molecule has 2 heterocycles. The van der Waals surface area contributed by atoms with Crippen LogP contribution in [0.1, 0.15) is 56.5 Å². The number of hydrogen-bond acceptors (Lipinski definition) is 5. The van der Waals surface area contributed by atoms with E-state index in [9.17, 15) is 9.59 Å². The Hall–Kier alpha value is -2.37. The molecule has 0 unspecified atom stereocenters. The van der Waals surface area contributed by atoms with Crippen molar-refractivity contribution < 1.29 is 19.1 Å². The van der Waals surface area contributed by atoms with Crippen molar-refractivity contribution in [2.45, 2.75) is 51.6 Å². The Morgan fingerprint density at radius 2 is 1.92 bits per heavy atom. The second-order valence-corrected chi connectivity index (χ2v) is 7.83. The maximum Gasteiger partial charge on any atom is 0.410 e. The van der Waals surface area contributed by atoms with E-state index in [4.69, 9.17) is 9.47 Å². The molecule has 0 radical (unpaired) electrons. The van der Waals surface area contributed by atoms with Crippen LogP contribution in [0.3, 0.4) is 0 Å². The van der Waals surface area contributed by atoms with E-state index in [-0.39, 0.29) is 17.5 Å². The fourth-order valence-electron chi connectivity index (χ4n) is 3.46. The van der Waals surface area contributed by atoms with Crippen molar-refractivity contribution in [2.75, 3.05) is 19.7 Å². The predicted molar refractivity (Wildman–Crippen MR) is 99.3 cm³/mol. The Balaban J connectivity index is 1.75. The second kappa shape index (κ2) is 6.74. The van der Waals surface area contributed by atoms with Crippen LogP contribution in [-0.2, 0) is 14.9 Å². The zero-order valence-electron chi connectivity index (χ0n) is 15.9. The number of likely N-dealkylation sites (tertiary alicyclic amines) is 1. The molecule has 0 saturated carbocycles. The Bertz CT molecular complexity index is 741. The SMILES string of the molecule is CCOC(=O)c1ccc2c(c1)C1(C=N2)CCN(C(=O)OC(C)(C)C)CC1. The first kappa shape index (κ1) is 18.4. The van der Waals surface area contributed by atoms with Gasteiger partial charge in [-0.15, -0.1) is 0 Å². The molecule has 6 heteroatoms. The van der Waals surface area contributed by atoms with Crippen LogP contribution in [0.25, 0.3) is 0 Å². The van der Waals surface area contributed by atoms with E-state index in [1.54, 1.807) is 17.9 Å². The second-order valence-electron chi connectivity index (χ2n) is 7.83. The lowest BCUT2D eigenvalue weighted by atomic mass is 9.74. The summed E-state index contributed by atoms with van der Waals surface area (Å²) < 4.78 is 10.6. The number of esters is 1. The Morgan fingerprint density at radius 1 is 1.23 bits per heavy atom. The first-order chi connectivity index (χ1) is 12.2. The van der Waals surface area contributed by atoms with Gasteiger partial charge in [-0.2, -0.15) is 0 Å². The molecule has 0 aromatic heterocycles. The van der Waals surface area contributed by atoms with Crippen molar-refractivity contribution in [1.29, 1.82) is 0 Å². The fourth-order valence-corrected chi connectivity index (χ4v) is 3.46. The van der Waals surface area contributed by atoms with Crippen LogP contribution in [0, 0.1) is 0 Å². The first-order valence-electron chi connectivity index (χ1n) is 9.09. The van der Waals surface area contributed by atoms with Gasteiger partial charge in [0.2, 0.25) is 0 Å². The number of carbonyl (C=O) groups excluding carboxylic acids is 2. The molecule has 1 amide bonds. The third-order valence-electron chi connectivity index (χ3n) is 4.80. The highest BCUT2D eigenvalue weighted by molar-refractivity contribution is 5.93. The molecule has 6 nitrogen and oxygen atoms in total. The number of rotatable bonds is 2. The van der Waals surface area contributed by atoms with Crippen LogP contribution in [-0.4, -0.2) is 48.5 Å². The van der Waals surface area contributed by atoms with Gasteiger partial charge in [-0.3, -0.25) is 4.99 Å². The predicted octanol–water partition coefficient (Wildman–Crippen LogP) is 3.85. The summed E-state index contributed by atoms with van der Waals surface area (Å²) in [5.41, 5.74) is 1.76. The normalized spacial score (nSPS) is 17.9. The molecule has 1 saturated heterocycles. The summed E-state index contributed by atoms with van der Waals surface area (Å²) in [4.78, 5) is 30.6. The minimum Gasteiger partial charge on any atom is -0.462 e. The van der Waals surface area contributed by atoms with E-state index in [0.717, 1.165) is 24.1 Å². The number of carbonyl (C=O) groups is 2. The van der Waals surface area contributed by atoms with Crippen LogP contribution in [0.15, 0.2) is 23.2 Å². The van der Waals surface area contributed by atoms with Crippen molar-refractivity contribution in [3.8, 4) is 0 Å². The molecule has 140 valence electrons. The number of nitrogens with zero attached hydrogens (tertiary/aromatic N) is 2. The average molecular weight is 358 g/mol. The van der Waals surface area contributed by atoms with Gasteiger partial charge in [0.05, 0.1) is 17.9 Å². The number of benzene rings is 1. The van der Waals surface area contributed by atoms with Crippen molar-refractivity contribution in [1.82, 2.24) is 4.90 Å². The zero-order valence-corrected chi connectivity index (χ0v) is 15.9.